The third-order valence-corrected chi connectivity index (χ3v) is 6.17. The number of nitrogens with zero attached hydrogens (tertiary/aromatic N) is 2. The first-order valence-corrected chi connectivity index (χ1v) is 10.6. The van der Waals surface area contributed by atoms with Gasteiger partial charge in [0.2, 0.25) is 5.91 Å². The molecule has 9 heteroatoms. The number of aromatic nitrogens is 2. The van der Waals surface area contributed by atoms with Gasteiger partial charge in [-0.05, 0) is 44.6 Å². The lowest BCUT2D eigenvalue weighted by molar-refractivity contribution is -0.116. The number of carboxylic acid groups (broad SMARTS) is 1. The molecule has 8 nitrogen and oxygen atoms in total. The van der Waals surface area contributed by atoms with Crippen LogP contribution in [-0.4, -0.2) is 38.8 Å². The number of thiophene rings is 1. The summed E-state index contributed by atoms with van der Waals surface area (Å²) in [6.07, 6.45) is 7.10. The summed E-state index contributed by atoms with van der Waals surface area (Å²) in [6.45, 7) is 4.05. The Labute approximate surface area is 172 Å². The highest BCUT2D eigenvalue weighted by molar-refractivity contribution is 7.17. The lowest BCUT2D eigenvalue weighted by Gasteiger charge is -2.15. The minimum atomic E-state index is -1.06. The van der Waals surface area contributed by atoms with Crippen LogP contribution in [0, 0.1) is 0 Å². The number of hydrogen-bond donors (Lipinski definition) is 2. The molecule has 0 saturated heterocycles. The third-order valence-electron chi connectivity index (χ3n) is 4.96. The largest absolute Gasteiger partial charge is 0.478 e. The van der Waals surface area contributed by atoms with Crippen molar-refractivity contribution in [2.24, 2.45) is 0 Å². The normalized spacial score (nSPS) is 14.1. The summed E-state index contributed by atoms with van der Waals surface area (Å²) in [5, 5.41) is 16.3. The van der Waals surface area contributed by atoms with E-state index >= 15 is 0 Å². The van der Waals surface area contributed by atoms with E-state index in [0.717, 1.165) is 42.5 Å². The standard InChI is InChI=1S/C20H25N3O5S/c1-3-12(2)28-20(27)17-14-6-4-5-7-15(14)29-18(17)22-16(24)8-9-23-11-13(10-21-23)19(25)26/h10-12H,3-9H2,1-2H3,(H,22,24)(H,25,26). The van der Waals surface area contributed by atoms with Crippen molar-refractivity contribution in [3.8, 4) is 0 Å². The van der Waals surface area contributed by atoms with Gasteiger partial charge in [0.15, 0.2) is 0 Å². The molecule has 1 unspecified atom stereocenters. The van der Waals surface area contributed by atoms with Crippen molar-refractivity contribution in [2.75, 3.05) is 5.32 Å². The summed E-state index contributed by atoms with van der Waals surface area (Å²) in [4.78, 5) is 37.3. The van der Waals surface area contributed by atoms with E-state index in [1.54, 1.807) is 0 Å². The average molecular weight is 420 g/mol. The third kappa shape index (κ3) is 5.03. The minimum absolute atomic E-state index is 0.0754. The van der Waals surface area contributed by atoms with Crippen LogP contribution in [0.15, 0.2) is 12.4 Å². The number of carbonyl (C=O) groups is 3. The number of esters is 1. The van der Waals surface area contributed by atoms with Crippen LogP contribution in [0.4, 0.5) is 5.00 Å². The quantitative estimate of drug-likeness (QED) is 0.634. The van der Waals surface area contributed by atoms with Gasteiger partial charge in [-0.15, -0.1) is 11.3 Å². The Kier molecular flexibility index (Phi) is 6.68. The number of nitrogens with one attached hydrogen (secondary N) is 1. The highest BCUT2D eigenvalue weighted by Gasteiger charge is 2.28. The molecule has 0 saturated carbocycles. The summed E-state index contributed by atoms with van der Waals surface area (Å²) < 4.78 is 6.95. The first-order valence-electron chi connectivity index (χ1n) is 9.80. The zero-order chi connectivity index (χ0) is 21.0. The molecule has 1 amide bonds. The Morgan fingerprint density at radius 3 is 2.79 bits per heavy atom. The van der Waals surface area contributed by atoms with Gasteiger partial charge in [-0.25, -0.2) is 9.59 Å². The smallest absolute Gasteiger partial charge is 0.341 e. The number of carboxylic acids is 1. The van der Waals surface area contributed by atoms with Gasteiger partial charge in [0.1, 0.15) is 5.00 Å². The maximum atomic E-state index is 12.8. The van der Waals surface area contributed by atoms with Crippen LogP contribution < -0.4 is 5.32 Å². The molecule has 1 aliphatic rings. The molecule has 2 aromatic rings. The second-order valence-corrected chi connectivity index (χ2v) is 8.24. The van der Waals surface area contributed by atoms with Crippen LogP contribution in [-0.2, 0) is 28.9 Å². The first kappa shape index (κ1) is 21.0. The monoisotopic (exact) mass is 419 g/mol. The molecule has 2 N–H and O–H groups in total. The van der Waals surface area contributed by atoms with Crippen molar-refractivity contribution in [3.63, 3.8) is 0 Å². The van der Waals surface area contributed by atoms with Crippen molar-refractivity contribution >= 4 is 34.2 Å². The molecule has 156 valence electrons. The van der Waals surface area contributed by atoms with Crippen molar-refractivity contribution in [1.29, 1.82) is 0 Å². The molecule has 0 bridgehead atoms. The van der Waals surface area contributed by atoms with Crippen LogP contribution in [0.5, 0.6) is 0 Å². The average Bonchev–Trinajstić information content (AvgIpc) is 3.30. The topological polar surface area (TPSA) is 111 Å². The van der Waals surface area contributed by atoms with Gasteiger partial charge in [-0.2, -0.15) is 5.10 Å². The summed E-state index contributed by atoms with van der Waals surface area (Å²) in [6, 6.07) is 0. The molecule has 0 radical (unpaired) electrons. The number of ether oxygens (including phenoxy) is 1. The van der Waals surface area contributed by atoms with Crippen LogP contribution >= 0.6 is 11.3 Å². The molecule has 0 spiro atoms. The van der Waals surface area contributed by atoms with Gasteiger partial charge in [0.05, 0.1) is 23.4 Å². The Morgan fingerprint density at radius 1 is 1.34 bits per heavy atom. The van der Waals surface area contributed by atoms with Crippen LogP contribution in [0.25, 0.3) is 0 Å². The Morgan fingerprint density at radius 2 is 2.10 bits per heavy atom. The second-order valence-electron chi connectivity index (χ2n) is 7.13. The predicted octanol–water partition coefficient (Wildman–Crippen LogP) is 3.51. The van der Waals surface area contributed by atoms with E-state index in [1.807, 2.05) is 13.8 Å². The van der Waals surface area contributed by atoms with Crippen LogP contribution in [0.3, 0.4) is 0 Å². The minimum Gasteiger partial charge on any atom is -0.478 e. The molecule has 0 fully saturated rings. The SMILES string of the molecule is CCC(C)OC(=O)c1c(NC(=O)CCn2cc(C(=O)O)cn2)sc2c1CCCC2. The molecule has 1 aliphatic carbocycles. The van der Waals surface area contributed by atoms with Gasteiger partial charge in [0.25, 0.3) is 0 Å². The van der Waals surface area contributed by atoms with E-state index in [9.17, 15) is 14.4 Å². The number of anilines is 1. The van der Waals surface area contributed by atoms with E-state index in [0.29, 0.717) is 10.6 Å². The number of aryl methyl sites for hydroxylation is 2. The zero-order valence-corrected chi connectivity index (χ0v) is 17.4. The molecule has 2 aromatic heterocycles. The van der Waals surface area contributed by atoms with E-state index in [1.165, 1.54) is 28.4 Å². The summed E-state index contributed by atoms with van der Waals surface area (Å²) in [5.41, 5.74) is 1.57. The lowest BCUT2D eigenvalue weighted by Crippen LogP contribution is -2.19. The molecular formula is C20H25N3O5S. The molecule has 0 aliphatic heterocycles. The molecule has 1 atom stereocenters. The van der Waals surface area contributed by atoms with Gasteiger partial charge < -0.3 is 15.2 Å². The Bertz CT molecular complexity index is 917. The molecule has 3 rings (SSSR count). The highest BCUT2D eigenvalue weighted by Crippen LogP contribution is 2.38. The molecule has 29 heavy (non-hydrogen) atoms. The van der Waals surface area contributed by atoms with Gasteiger partial charge in [-0.3, -0.25) is 9.48 Å². The van der Waals surface area contributed by atoms with Gasteiger partial charge in [0, 0.05) is 24.0 Å². The lowest BCUT2D eigenvalue weighted by atomic mass is 9.95. The van der Waals surface area contributed by atoms with Crippen LogP contribution in [0.2, 0.25) is 0 Å². The number of hydrogen-bond acceptors (Lipinski definition) is 6. The first-order chi connectivity index (χ1) is 13.9. The van der Waals surface area contributed by atoms with Crippen molar-refractivity contribution < 1.29 is 24.2 Å². The predicted molar refractivity (Wildman–Crippen MR) is 109 cm³/mol. The van der Waals surface area contributed by atoms with E-state index in [2.05, 4.69) is 10.4 Å². The number of aromatic carboxylic acids is 1. The van der Waals surface area contributed by atoms with E-state index < -0.39 is 5.97 Å². The van der Waals surface area contributed by atoms with E-state index in [4.69, 9.17) is 9.84 Å². The number of fused-ring (bicyclic) bond motifs is 1. The fourth-order valence-corrected chi connectivity index (χ4v) is 4.49. The Hall–Kier alpha value is -2.68. The zero-order valence-electron chi connectivity index (χ0n) is 16.6. The Balaban J connectivity index is 1.71. The number of carbonyl (C=O) groups excluding carboxylic acids is 2. The maximum absolute atomic E-state index is 12.8. The summed E-state index contributed by atoms with van der Waals surface area (Å²) >= 11 is 1.45. The van der Waals surface area contributed by atoms with Gasteiger partial charge >= 0.3 is 11.9 Å². The number of amides is 1. The second kappa shape index (κ2) is 9.21. The van der Waals surface area contributed by atoms with Crippen molar-refractivity contribution in [1.82, 2.24) is 9.78 Å². The highest BCUT2D eigenvalue weighted by atomic mass is 32.1. The van der Waals surface area contributed by atoms with E-state index in [-0.39, 0.29) is 36.5 Å². The fourth-order valence-electron chi connectivity index (χ4n) is 3.20. The summed E-state index contributed by atoms with van der Waals surface area (Å²) in [5.74, 6) is -1.70. The summed E-state index contributed by atoms with van der Waals surface area (Å²) in [7, 11) is 0. The van der Waals surface area contributed by atoms with Gasteiger partial charge in [-0.1, -0.05) is 6.92 Å². The van der Waals surface area contributed by atoms with Crippen molar-refractivity contribution in [3.05, 3.63) is 34.0 Å². The van der Waals surface area contributed by atoms with Crippen molar-refractivity contribution in [2.45, 2.75) is 65.0 Å². The fraction of sp³-hybridized carbons (Fsp3) is 0.500. The van der Waals surface area contributed by atoms with Crippen LogP contribution in [0.1, 0.15) is 70.7 Å². The maximum Gasteiger partial charge on any atom is 0.341 e. The molecular weight excluding hydrogens is 394 g/mol. The molecule has 0 aromatic carbocycles. The molecule has 2 heterocycles. The number of rotatable bonds is 8.